The van der Waals surface area contributed by atoms with E-state index in [9.17, 15) is 0 Å². The fourth-order valence-electron chi connectivity index (χ4n) is 2.96. The number of anilines is 1. The molecule has 0 saturated heterocycles. The molecule has 0 amide bonds. The molecule has 0 aliphatic carbocycles. The molecular weight excluding hydrogens is 338 g/mol. The minimum Gasteiger partial charge on any atom is -0.424 e. The van der Waals surface area contributed by atoms with Crippen LogP contribution in [-0.4, -0.2) is 33.9 Å². The average molecular weight is 357 g/mol. The molecule has 0 unspecified atom stereocenters. The molecule has 0 aliphatic rings. The fraction of sp³-hybridized carbons (Fsp3) is 0.0952. The van der Waals surface area contributed by atoms with Gasteiger partial charge in [-0.1, -0.05) is 24.8 Å². The summed E-state index contributed by atoms with van der Waals surface area (Å²) in [6, 6.07) is 12.0. The van der Waals surface area contributed by atoms with Gasteiger partial charge in [-0.2, -0.15) is 4.98 Å². The van der Waals surface area contributed by atoms with E-state index in [2.05, 4.69) is 16.5 Å². The van der Waals surface area contributed by atoms with E-state index in [4.69, 9.17) is 15.1 Å². The SMILES string of the molecule is C=C/C(=C\N(C)C)c1cnc2ccc(-c3ccc4oc(N)nc4c3)cc2n1. The van der Waals surface area contributed by atoms with Crippen molar-refractivity contribution >= 4 is 33.7 Å². The number of aromatic nitrogens is 3. The van der Waals surface area contributed by atoms with Crippen LogP contribution in [0.3, 0.4) is 0 Å². The second-order valence-corrected chi connectivity index (χ2v) is 6.45. The molecule has 6 nitrogen and oxygen atoms in total. The van der Waals surface area contributed by atoms with Crippen molar-refractivity contribution in [2.45, 2.75) is 0 Å². The summed E-state index contributed by atoms with van der Waals surface area (Å²) in [7, 11) is 3.92. The summed E-state index contributed by atoms with van der Waals surface area (Å²) in [4.78, 5) is 15.5. The summed E-state index contributed by atoms with van der Waals surface area (Å²) >= 11 is 0. The number of nitrogens with two attached hydrogens (primary N) is 1. The van der Waals surface area contributed by atoms with Gasteiger partial charge in [-0.25, -0.2) is 4.98 Å². The van der Waals surface area contributed by atoms with Crippen LogP contribution in [0.15, 0.2) is 65.9 Å². The van der Waals surface area contributed by atoms with Crippen LogP contribution in [0.4, 0.5) is 6.01 Å². The molecule has 0 spiro atoms. The van der Waals surface area contributed by atoms with Gasteiger partial charge < -0.3 is 15.1 Å². The van der Waals surface area contributed by atoms with E-state index < -0.39 is 0 Å². The Morgan fingerprint density at radius 3 is 2.52 bits per heavy atom. The van der Waals surface area contributed by atoms with Gasteiger partial charge in [0.05, 0.1) is 22.9 Å². The molecule has 2 heterocycles. The van der Waals surface area contributed by atoms with E-state index in [-0.39, 0.29) is 6.01 Å². The summed E-state index contributed by atoms with van der Waals surface area (Å²) in [6.45, 7) is 3.88. The normalized spacial score (nSPS) is 11.9. The van der Waals surface area contributed by atoms with Crippen molar-refractivity contribution in [3.63, 3.8) is 0 Å². The molecule has 2 N–H and O–H groups in total. The number of hydrogen-bond donors (Lipinski definition) is 1. The number of allylic oxidation sites excluding steroid dienone is 2. The molecule has 0 bridgehead atoms. The standard InChI is InChI=1S/C21H19N5O/c1-4-13(12-26(2)3)19-11-23-16-7-5-14(9-17(16)24-19)15-6-8-20-18(10-15)25-21(22)27-20/h4-12H,1H2,2-3H3,(H2,22,25)/b13-12+. The third-order valence-corrected chi connectivity index (χ3v) is 4.19. The Labute approximate surface area is 156 Å². The highest BCUT2D eigenvalue weighted by Crippen LogP contribution is 2.27. The zero-order valence-electron chi connectivity index (χ0n) is 15.2. The monoisotopic (exact) mass is 357 g/mol. The second-order valence-electron chi connectivity index (χ2n) is 6.45. The lowest BCUT2D eigenvalue weighted by Gasteiger charge is -2.09. The first-order valence-corrected chi connectivity index (χ1v) is 8.48. The Kier molecular flexibility index (Phi) is 4.08. The number of nitrogens with zero attached hydrogens (tertiary/aromatic N) is 4. The Hall–Kier alpha value is -3.67. The zero-order valence-corrected chi connectivity index (χ0v) is 15.2. The molecule has 0 radical (unpaired) electrons. The summed E-state index contributed by atoms with van der Waals surface area (Å²) < 4.78 is 5.34. The van der Waals surface area contributed by atoms with E-state index in [1.807, 2.05) is 61.6 Å². The number of hydrogen-bond acceptors (Lipinski definition) is 6. The van der Waals surface area contributed by atoms with Crippen LogP contribution in [0.5, 0.6) is 0 Å². The Morgan fingerprint density at radius 2 is 1.78 bits per heavy atom. The molecule has 6 heteroatoms. The van der Waals surface area contributed by atoms with Crippen molar-refractivity contribution in [1.29, 1.82) is 0 Å². The maximum Gasteiger partial charge on any atom is 0.292 e. The highest BCUT2D eigenvalue weighted by atomic mass is 16.4. The Morgan fingerprint density at radius 1 is 1.04 bits per heavy atom. The van der Waals surface area contributed by atoms with Crippen LogP contribution in [0, 0.1) is 0 Å². The van der Waals surface area contributed by atoms with Crippen molar-refractivity contribution in [2.75, 3.05) is 19.8 Å². The number of benzene rings is 2. The van der Waals surface area contributed by atoms with Crippen LogP contribution in [-0.2, 0) is 0 Å². The van der Waals surface area contributed by atoms with Crippen molar-refractivity contribution < 1.29 is 4.42 Å². The van der Waals surface area contributed by atoms with Gasteiger partial charge in [0.1, 0.15) is 5.52 Å². The predicted molar refractivity (Wildman–Crippen MR) is 109 cm³/mol. The number of nitrogen functional groups attached to an aromatic ring is 1. The molecule has 27 heavy (non-hydrogen) atoms. The molecular formula is C21H19N5O. The third kappa shape index (κ3) is 3.25. The van der Waals surface area contributed by atoms with Crippen LogP contribution in [0.25, 0.3) is 38.8 Å². The summed E-state index contributed by atoms with van der Waals surface area (Å²) in [5.74, 6) is 0. The first kappa shape index (κ1) is 16.8. The molecule has 2 aromatic carbocycles. The van der Waals surface area contributed by atoms with Crippen LogP contribution >= 0.6 is 0 Å². The zero-order chi connectivity index (χ0) is 19.0. The van der Waals surface area contributed by atoms with Crippen molar-refractivity contribution in [3.8, 4) is 11.1 Å². The van der Waals surface area contributed by atoms with Crippen LogP contribution in [0.2, 0.25) is 0 Å². The van der Waals surface area contributed by atoms with Gasteiger partial charge in [-0.3, -0.25) is 4.98 Å². The van der Waals surface area contributed by atoms with Crippen LogP contribution < -0.4 is 5.73 Å². The van der Waals surface area contributed by atoms with E-state index in [1.54, 1.807) is 12.3 Å². The Balaban J connectivity index is 1.81. The first-order valence-electron chi connectivity index (χ1n) is 8.48. The lowest BCUT2D eigenvalue weighted by atomic mass is 10.0. The van der Waals surface area contributed by atoms with Gasteiger partial charge in [0, 0.05) is 25.9 Å². The fourth-order valence-corrected chi connectivity index (χ4v) is 2.96. The van der Waals surface area contributed by atoms with Gasteiger partial charge in [0.2, 0.25) is 0 Å². The second kappa shape index (κ2) is 6.57. The predicted octanol–water partition coefficient (Wildman–Crippen LogP) is 4.11. The number of fused-ring (bicyclic) bond motifs is 2. The minimum absolute atomic E-state index is 0.167. The maximum atomic E-state index is 5.63. The Bertz CT molecular complexity index is 1190. The van der Waals surface area contributed by atoms with E-state index in [0.717, 1.165) is 38.9 Å². The molecule has 0 aliphatic heterocycles. The van der Waals surface area contributed by atoms with E-state index in [0.29, 0.717) is 5.58 Å². The van der Waals surface area contributed by atoms with Gasteiger partial charge in [0.15, 0.2) is 5.58 Å². The largest absolute Gasteiger partial charge is 0.424 e. The smallest absolute Gasteiger partial charge is 0.292 e. The summed E-state index contributed by atoms with van der Waals surface area (Å²) in [5, 5.41) is 0. The van der Waals surface area contributed by atoms with Gasteiger partial charge >= 0.3 is 0 Å². The average Bonchev–Trinajstić information content (AvgIpc) is 3.04. The first-order chi connectivity index (χ1) is 13.0. The van der Waals surface area contributed by atoms with Gasteiger partial charge in [-0.05, 0) is 35.4 Å². The lowest BCUT2D eigenvalue weighted by molar-refractivity contribution is 0.566. The van der Waals surface area contributed by atoms with Crippen LogP contribution in [0.1, 0.15) is 5.69 Å². The highest BCUT2D eigenvalue weighted by molar-refractivity contribution is 5.86. The summed E-state index contributed by atoms with van der Waals surface area (Å²) in [5.41, 5.74) is 12.4. The summed E-state index contributed by atoms with van der Waals surface area (Å²) in [6.07, 6.45) is 5.52. The van der Waals surface area contributed by atoms with Gasteiger partial charge in [-0.15, -0.1) is 0 Å². The topological polar surface area (TPSA) is 81.1 Å². The van der Waals surface area contributed by atoms with Crippen molar-refractivity contribution in [3.05, 3.63) is 67.1 Å². The molecule has 2 aromatic heterocycles. The third-order valence-electron chi connectivity index (χ3n) is 4.19. The quantitative estimate of drug-likeness (QED) is 0.554. The van der Waals surface area contributed by atoms with E-state index in [1.165, 1.54) is 0 Å². The highest BCUT2D eigenvalue weighted by Gasteiger charge is 2.08. The van der Waals surface area contributed by atoms with Gasteiger partial charge in [0.25, 0.3) is 6.01 Å². The molecule has 0 fully saturated rings. The van der Waals surface area contributed by atoms with E-state index >= 15 is 0 Å². The molecule has 134 valence electrons. The molecule has 4 rings (SSSR count). The van der Waals surface area contributed by atoms with Crippen molar-refractivity contribution in [2.24, 2.45) is 0 Å². The lowest BCUT2D eigenvalue weighted by Crippen LogP contribution is -2.03. The maximum absolute atomic E-state index is 5.63. The molecule has 0 atom stereocenters. The minimum atomic E-state index is 0.167. The number of oxazole rings is 1. The van der Waals surface area contributed by atoms with Crippen molar-refractivity contribution in [1.82, 2.24) is 19.9 Å². The molecule has 0 saturated carbocycles. The molecule has 4 aromatic rings. The number of rotatable bonds is 4.